The SMILES string of the molecule is CN(CS)[C@@H](CCN=C(N)N)C(=O)O. The van der Waals surface area contributed by atoms with E-state index in [1.807, 2.05) is 0 Å². The lowest BCUT2D eigenvalue weighted by Gasteiger charge is -2.21. The lowest BCUT2D eigenvalue weighted by molar-refractivity contribution is -0.142. The van der Waals surface area contributed by atoms with Crippen LogP contribution in [-0.4, -0.2) is 47.4 Å². The molecule has 0 amide bonds. The van der Waals surface area contributed by atoms with Crippen molar-refractivity contribution in [1.82, 2.24) is 4.90 Å². The van der Waals surface area contributed by atoms with Gasteiger partial charge in [0, 0.05) is 12.4 Å². The number of hydrogen-bond acceptors (Lipinski definition) is 4. The van der Waals surface area contributed by atoms with E-state index in [0.29, 0.717) is 18.8 Å². The highest BCUT2D eigenvalue weighted by molar-refractivity contribution is 7.80. The fraction of sp³-hybridized carbons (Fsp3) is 0.714. The second kappa shape index (κ2) is 6.50. The summed E-state index contributed by atoms with van der Waals surface area (Å²) in [6.07, 6.45) is 0.365. The zero-order chi connectivity index (χ0) is 11.1. The van der Waals surface area contributed by atoms with Gasteiger partial charge in [-0.2, -0.15) is 12.6 Å². The Bertz CT molecular complexity index is 218. The van der Waals surface area contributed by atoms with Gasteiger partial charge in [0.05, 0.1) is 0 Å². The topological polar surface area (TPSA) is 105 Å². The fourth-order valence-corrected chi connectivity index (χ4v) is 1.14. The van der Waals surface area contributed by atoms with Gasteiger partial charge >= 0.3 is 5.97 Å². The van der Waals surface area contributed by atoms with Crippen LogP contribution in [0.2, 0.25) is 0 Å². The van der Waals surface area contributed by atoms with E-state index >= 15 is 0 Å². The maximum Gasteiger partial charge on any atom is 0.321 e. The summed E-state index contributed by atoms with van der Waals surface area (Å²) in [6.45, 7) is 0.303. The summed E-state index contributed by atoms with van der Waals surface area (Å²) in [5.74, 6) is -0.547. The lowest BCUT2D eigenvalue weighted by Crippen LogP contribution is -2.38. The molecule has 0 rings (SSSR count). The molecular formula is C7H16N4O2S. The van der Waals surface area contributed by atoms with Crippen LogP contribution in [-0.2, 0) is 4.79 Å². The normalized spacial score (nSPS) is 12.5. The van der Waals surface area contributed by atoms with Crippen LogP contribution in [0.1, 0.15) is 6.42 Å². The van der Waals surface area contributed by atoms with Gasteiger partial charge in [0.2, 0.25) is 0 Å². The van der Waals surface area contributed by atoms with Gasteiger partial charge < -0.3 is 16.6 Å². The molecule has 5 N–H and O–H groups in total. The molecule has 0 aromatic heterocycles. The summed E-state index contributed by atoms with van der Waals surface area (Å²) in [5, 5.41) is 8.85. The molecule has 6 nitrogen and oxygen atoms in total. The Hall–Kier alpha value is -0.950. The largest absolute Gasteiger partial charge is 0.480 e. The van der Waals surface area contributed by atoms with Crippen molar-refractivity contribution in [3.05, 3.63) is 0 Å². The van der Waals surface area contributed by atoms with Gasteiger partial charge in [0.25, 0.3) is 0 Å². The van der Waals surface area contributed by atoms with Gasteiger partial charge in [-0.3, -0.25) is 14.7 Å². The maximum absolute atomic E-state index is 10.8. The summed E-state index contributed by atoms with van der Waals surface area (Å²) in [7, 11) is 1.68. The molecule has 0 aliphatic rings. The monoisotopic (exact) mass is 220 g/mol. The first-order valence-corrected chi connectivity index (χ1v) is 4.71. The quantitative estimate of drug-likeness (QED) is 0.197. The number of aliphatic imine (C=N–C) groups is 1. The van der Waals surface area contributed by atoms with Crippen molar-refractivity contribution in [3.8, 4) is 0 Å². The van der Waals surface area contributed by atoms with Crippen molar-refractivity contribution >= 4 is 24.6 Å². The van der Waals surface area contributed by atoms with E-state index in [4.69, 9.17) is 16.6 Å². The molecule has 0 saturated heterocycles. The minimum Gasteiger partial charge on any atom is -0.480 e. The van der Waals surface area contributed by atoms with Gasteiger partial charge in [-0.1, -0.05) is 0 Å². The molecule has 0 aromatic carbocycles. The molecule has 0 aromatic rings. The van der Waals surface area contributed by atoms with Gasteiger partial charge in [-0.05, 0) is 13.5 Å². The number of carboxylic acids is 1. The first kappa shape index (κ1) is 13.1. The van der Waals surface area contributed by atoms with Gasteiger partial charge in [0.1, 0.15) is 6.04 Å². The third-order valence-corrected chi connectivity index (χ3v) is 2.18. The maximum atomic E-state index is 10.8. The van der Waals surface area contributed by atoms with Crippen LogP contribution in [0.4, 0.5) is 0 Å². The average molecular weight is 220 g/mol. The van der Waals surface area contributed by atoms with Crippen LogP contribution in [0, 0.1) is 0 Å². The van der Waals surface area contributed by atoms with Crippen molar-refractivity contribution in [2.24, 2.45) is 16.5 Å². The number of nitrogens with zero attached hydrogens (tertiary/aromatic N) is 2. The zero-order valence-corrected chi connectivity index (χ0v) is 8.94. The number of rotatable bonds is 6. The number of hydrogen-bond donors (Lipinski definition) is 4. The first-order valence-electron chi connectivity index (χ1n) is 4.08. The Labute approximate surface area is 88.4 Å². The number of thiol groups is 1. The average Bonchev–Trinajstić information content (AvgIpc) is 2.10. The molecular weight excluding hydrogens is 204 g/mol. The molecule has 1 atom stereocenters. The Morgan fingerprint density at radius 3 is 2.57 bits per heavy atom. The minimum absolute atomic E-state index is 0.0253. The van der Waals surface area contributed by atoms with E-state index in [-0.39, 0.29) is 5.96 Å². The molecule has 0 bridgehead atoms. The minimum atomic E-state index is -0.896. The van der Waals surface area contributed by atoms with Gasteiger partial charge in [0.15, 0.2) is 5.96 Å². The van der Waals surface area contributed by atoms with Crippen molar-refractivity contribution in [2.75, 3.05) is 19.5 Å². The highest BCUT2D eigenvalue weighted by Crippen LogP contribution is 2.03. The van der Waals surface area contributed by atoms with Crippen LogP contribution in [0.3, 0.4) is 0 Å². The third kappa shape index (κ3) is 4.93. The molecule has 0 heterocycles. The molecule has 0 saturated carbocycles. The molecule has 0 fully saturated rings. The molecule has 7 heteroatoms. The molecule has 82 valence electrons. The Morgan fingerprint density at radius 2 is 2.21 bits per heavy atom. The lowest BCUT2D eigenvalue weighted by atomic mass is 10.2. The van der Waals surface area contributed by atoms with Crippen LogP contribution >= 0.6 is 12.6 Å². The Morgan fingerprint density at radius 1 is 1.64 bits per heavy atom. The summed E-state index contributed by atoms with van der Waals surface area (Å²) in [6, 6.07) is -0.601. The standard InChI is InChI=1S/C7H16N4O2S/c1-11(4-14)5(6(12)13)2-3-10-7(8)9/h5,14H,2-4H2,1H3,(H,12,13)(H4,8,9,10)/t5-/m0/s1. The third-order valence-electron chi connectivity index (χ3n) is 1.74. The highest BCUT2D eigenvalue weighted by Gasteiger charge is 2.20. The van der Waals surface area contributed by atoms with E-state index < -0.39 is 12.0 Å². The van der Waals surface area contributed by atoms with Crippen molar-refractivity contribution < 1.29 is 9.90 Å². The summed E-state index contributed by atoms with van der Waals surface area (Å²) < 4.78 is 0. The second-order valence-electron chi connectivity index (χ2n) is 2.85. The molecule has 0 radical (unpaired) electrons. The van der Waals surface area contributed by atoms with Gasteiger partial charge in [-0.15, -0.1) is 0 Å². The number of guanidine groups is 1. The fourth-order valence-electron chi connectivity index (χ4n) is 0.947. The molecule has 0 aliphatic heterocycles. The predicted octanol–water partition coefficient (Wildman–Crippen LogP) is -1.08. The van der Waals surface area contributed by atoms with E-state index in [1.54, 1.807) is 11.9 Å². The smallest absolute Gasteiger partial charge is 0.321 e. The zero-order valence-electron chi connectivity index (χ0n) is 8.05. The number of likely N-dealkylation sites (N-methyl/N-ethyl adjacent to an activating group) is 1. The number of carboxylic acid groups (broad SMARTS) is 1. The molecule has 14 heavy (non-hydrogen) atoms. The summed E-state index contributed by atoms with van der Waals surface area (Å²) in [5.41, 5.74) is 10.2. The number of nitrogens with two attached hydrogens (primary N) is 2. The van der Waals surface area contributed by atoms with E-state index in [0.717, 1.165) is 0 Å². The van der Waals surface area contributed by atoms with Gasteiger partial charge in [-0.25, -0.2) is 0 Å². The molecule has 0 unspecified atom stereocenters. The van der Waals surface area contributed by atoms with Crippen molar-refractivity contribution in [3.63, 3.8) is 0 Å². The van der Waals surface area contributed by atoms with E-state index in [1.165, 1.54) is 0 Å². The number of carbonyl (C=O) groups is 1. The van der Waals surface area contributed by atoms with E-state index in [2.05, 4.69) is 17.6 Å². The molecule has 0 spiro atoms. The summed E-state index contributed by atoms with van der Waals surface area (Å²) in [4.78, 5) is 16.1. The summed E-state index contributed by atoms with van der Waals surface area (Å²) >= 11 is 3.99. The Kier molecular flexibility index (Phi) is 6.06. The molecule has 0 aliphatic carbocycles. The number of aliphatic carboxylic acids is 1. The Balaban J connectivity index is 4.11. The predicted molar refractivity (Wildman–Crippen MR) is 58.3 cm³/mol. The van der Waals surface area contributed by atoms with Crippen LogP contribution in [0.5, 0.6) is 0 Å². The highest BCUT2D eigenvalue weighted by atomic mass is 32.1. The second-order valence-corrected chi connectivity index (χ2v) is 3.13. The van der Waals surface area contributed by atoms with E-state index in [9.17, 15) is 4.79 Å². The van der Waals surface area contributed by atoms with Crippen molar-refractivity contribution in [1.29, 1.82) is 0 Å². The van der Waals surface area contributed by atoms with Crippen molar-refractivity contribution in [2.45, 2.75) is 12.5 Å². The van der Waals surface area contributed by atoms with Crippen LogP contribution in [0.25, 0.3) is 0 Å². The van der Waals surface area contributed by atoms with Crippen LogP contribution in [0.15, 0.2) is 4.99 Å². The van der Waals surface area contributed by atoms with Crippen LogP contribution < -0.4 is 11.5 Å². The first-order chi connectivity index (χ1) is 6.49.